The third-order valence-electron chi connectivity index (χ3n) is 2.59. The number of pyridine rings is 1. The molecule has 0 aliphatic carbocycles. The molecular weight excluding hydrogens is 218 g/mol. The Balaban J connectivity index is 2.20. The lowest BCUT2D eigenvalue weighted by Crippen LogP contribution is -1.92. The summed E-state index contributed by atoms with van der Waals surface area (Å²) in [5.74, 6) is 0. The Morgan fingerprint density at radius 3 is 2.56 bits per heavy atom. The molecule has 0 atom stereocenters. The average molecular weight is 232 g/mol. The second kappa shape index (κ2) is 4.67. The van der Waals surface area contributed by atoms with Gasteiger partial charge in [0, 0.05) is 23.3 Å². The molecule has 1 aromatic heterocycles. The van der Waals surface area contributed by atoms with Gasteiger partial charge >= 0.3 is 0 Å². The molecule has 0 unspecified atom stereocenters. The molecule has 2 aromatic rings. The van der Waals surface area contributed by atoms with Crippen molar-refractivity contribution in [2.45, 2.75) is 20.3 Å². The second-order valence-electron chi connectivity index (χ2n) is 4.09. The van der Waals surface area contributed by atoms with E-state index >= 15 is 0 Å². The van der Waals surface area contributed by atoms with Crippen molar-refractivity contribution in [3.8, 4) is 0 Å². The van der Waals surface area contributed by atoms with Crippen molar-refractivity contribution in [3.63, 3.8) is 0 Å². The van der Waals surface area contributed by atoms with Crippen molar-refractivity contribution in [1.29, 1.82) is 0 Å². The molecule has 0 radical (unpaired) electrons. The van der Waals surface area contributed by atoms with Gasteiger partial charge in [-0.05, 0) is 42.7 Å². The lowest BCUT2D eigenvalue weighted by molar-refractivity contribution is 1.06. The van der Waals surface area contributed by atoms with E-state index in [4.69, 9.17) is 11.6 Å². The van der Waals surface area contributed by atoms with Gasteiger partial charge in [0.15, 0.2) is 0 Å². The van der Waals surface area contributed by atoms with Gasteiger partial charge in [0.25, 0.3) is 0 Å². The molecule has 2 rings (SSSR count). The summed E-state index contributed by atoms with van der Waals surface area (Å²) in [5, 5.41) is 0.824. The van der Waals surface area contributed by atoms with Crippen molar-refractivity contribution < 1.29 is 0 Å². The molecule has 0 fully saturated rings. The largest absolute Gasteiger partial charge is 0.261 e. The van der Waals surface area contributed by atoms with Crippen LogP contribution in [-0.4, -0.2) is 4.98 Å². The van der Waals surface area contributed by atoms with E-state index in [1.165, 1.54) is 11.1 Å². The molecule has 1 heterocycles. The average Bonchev–Trinajstić information content (AvgIpc) is 2.27. The third kappa shape index (κ3) is 2.61. The van der Waals surface area contributed by atoms with Crippen molar-refractivity contribution >= 4 is 11.6 Å². The van der Waals surface area contributed by atoms with Gasteiger partial charge in [0.2, 0.25) is 0 Å². The highest BCUT2D eigenvalue weighted by atomic mass is 35.5. The van der Waals surface area contributed by atoms with Crippen LogP contribution >= 0.6 is 11.6 Å². The van der Waals surface area contributed by atoms with E-state index in [0.717, 1.165) is 22.7 Å². The zero-order valence-electron chi connectivity index (χ0n) is 9.50. The summed E-state index contributed by atoms with van der Waals surface area (Å²) >= 11 is 6.08. The van der Waals surface area contributed by atoms with Gasteiger partial charge in [-0.15, -0.1) is 0 Å². The molecule has 0 aliphatic heterocycles. The first kappa shape index (κ1) is 11.2. The third-order valence-corrected chi connectivity index (χ3v) is 3.00. The van der Waals surface area contributed by atoms with Crippen LogP contribution < -0.4 is 0 Å². The molecule has 0 saturated carbocycles. The summed E-state index contributed by atoms with van der Waals surface area (Å²) < 4.78 is 0. The molecule has 0 N–H and O–H groups in total. The van der Waals surface area contributed by atoms with Gasteiger partial charge in [-0.2, -0.15) is 0 Å². The molecule has 0 bridgehead atoms. The minimum Gasteiger partial charge on any atom is -0.261 e. The molecule has 82 valence electrons. The summed E-state index contributed by atoms with van der Waals surface area (Å²) in [6, 6.07) is 10.3. The molecule has 0 spiro atoms. The molecule has 2 heteroatoms. The Kier molecular flexibility index (Phi) is 3.25. The number of rotatable bonds is 2. The monoisotopic (exact) mass is 231 g/mol. The van der Waals surface area contributed by atoms with Crippen LogP contribution in [0.3, 0.4) is 0 Å². The fraction of sp³-hybridized carbons (Fsp3) is 0.214. The van der Waals surface area contributed by atoms with Crippen LogP contribution in [0.15, 0.2) is 36.5 Å². The first-order valence-electron chi connectivity index (χ1n) is 5.32. The van der Waals surface area contributed by atoms with Gasteiger partial charge in [0.05, 0.1) is 0 Å². The number of hydrogen-bond donors (Lipinski definition) is 0. The topological polar surface area (TPSA) is 12.9 Å². The predicted molar refractivity (Wildman–Crippen MR) is 68.0 cm³/mol. The van der Waals surface area contributed by atoms with Gasteiger partial charge in [-0.25, -0.2) is 0 Å². The fourth-order valence-electron chi connectivity index (χ4n) is 1.56. The highest BCUT2D eigenvalue weighted by Gasteiger charge is 2.00. The molecule has 1 aromatic carbocycles. The molecule has 16 heavy (non-hydrogen) atoms. The Morgan fingerprint density at radius 1 is 1.12 bits per heavy atom. The summed E-state index contributed by atoms with van der Waals surface area (Å²) in [7, 11) is 0. The maximum atomic E-state index is 6.08. The number of halogens is 1. The maximum absolute atomic E-state index is 6.08. The van der Waals surface area contributed by atoms with Crippen LogP contribution in [0.1, 0.15) is 22.4 Å². The van der Waals surface area contributed by atoms with Crippen LogP contribution in [0.4, 0.5) is 0 Å². The summed E-state index contributed by atoms with van der Waals surface area (Å²) in [5.41, 5.74) is 4.57. The predicted octanol–water partition coefficient (Wildman–Crippen LogP) is 3.94. The van der Waals surface area contributed by atoms with Crippen LogP contribution in [0.25, 0.3) is 0 Å². The van der Waals surface area contributed by atoms with Crippen molar-refractivity contribution in [2.24, 2.45) is 0 Å². The molecule has 0 aliphatic rings. The lowest BCUT2D eigenvalue weighted by atomic mass is 10.1. The first-order chi connectivity index (χ1) is 7.65. The van der Waals surface area contributed by atoms with Gasteiger partial charge < -0.3 is 0 Å². The van der Waals surface area contributed by atoms with Crippen LogP contribution in [0.2, 0.25) is 5.02 Å². The zero-order chi connectivity index (χ0) is 11.5. The van der Waals surface area contributed by atoms with Gasteiger partial charge in [-0.3, -0.25) is 4.98 Å². The van der Waals surface area contributed by atoms with Gasteiger partial charge in [0.1, 0.15) is 0 Å². The molecule has 1 nitrogen and oxygen atoms in total. The Bertz CT molecular complexity index is 489. The van der Waals surface area contributed by atoms with Crippen molar-refractivity contribution in [3.05, 3.63) is 63.9 Å². The van der Waals surface area contributed by atoms with Crippen molar-refractivity contribution in [1.82, 2.24) is 4.98 Å². The van der Waals surface area contributed by atoms with E-state index in [0.29, 0.717) is 0 Å². The number of benzene rings is 1. The minimum absolute atomic E-state index is 0.824. The van der Waals surface area contributed by atoms with Crippen LogP contribution in [-0.2, 0) is 6.42 Å². The Labute approximate surface area is 101 Å². The quantitative estimate of drug-likeness (QED) is 0.763. The van der Waals surface area contributed by atoms with E-state index < -0.39 is 0 Å². The van der Waals surface area contributed by atoms with Crippen LogP contribution in [0.5, 0.6) is 0 Å². The van der Waals surface area contributed by atoms with Gasteiger partial charge in [-0.1, -0.05) is 29.8 Å². The van der Waals surface area contributed by atoms with E-state index in [1.807, 2.05) is 32.2 Å². The molecule has 0 saturated heterocycles. The molecule has 0 amide bonds. The number of aromatic nitrogens is 1. The number of aryl methyl sites for hydroxylation is 2. The zero-order valence-corrected chi connectivity index (χ0v) is 10.3. The number of hydrogen-bond acceptors (Lipinski definition) is 1. The SMILES string of the molecule is Cc1ccc(Cc2ccc(C)c(Cl)c2)nc1. The summed E-state index contributed by atoms with van der Waals surface area (Å²) in [6.45, 7) is 4.05. The smallest absolute Gasteiger partial charge is 0.0447 e. The summed E-state index contributed by atoms with van der Waals surface area (Å²) in [4.78, 5) is 4.38. The van der Waals surface area contributed by atoms with Crippen molar-refractivity contribution in [2.75, 3.05) is 0 Å². The van der Waals surface area contributed by atoms with E-state index in [-0.39, 0.29) is 0 Å². The standard InChI is InChI=1S/C14H14ClN/c1-10-3-6-13(16-9-10)7-12-5-4-11(2)14(15)8-12/h3-6,8-9H,7H2,1-2H3. The summed E-state index contributed by atoms with van der Waals surface area (Å²) in [6.07, 6.45) is 2.73. The minimum atomic E-state index is 0.824. The Morgan fingerprint density at radius 2 is 1.94 bits per heavy atom. The molecular formula is C14H14ClN. The van der Waals surface area contributed by atoms with E-state index in [1.54, 1.807) is 0 Å². The maximum Gasteiger partial charge on any atom is 0.0447 e. The van der Waals surface area contributed by atoms with Crippen LogP contribution in [0, 0.1) is 13.8 Å². The number of nitrogens with zero attached hydrogens (tertiary/aromatic N) is 1. The van der Waals surface area contributed by atoms with E-state index in [9.17, 15) is 0 Å². The highest BCUT2D eigenvalue weighted by Crippen LogP contribution is 2.18. The first-order valence-corrected chi connectivity index (χ1v) is 5.69. The lowest BCUT2D eigenvalue weighted by Gasteiger charge is -2.04. The Hall–Kier alpha value is -1.34. The fourth-order valence-corrected chi connectivity index (χ4v) is 1.76. The van der Waals surface area contributed by atoms with E-state index in [2.05, 4.69) is 23.2 Å². The highest BCUT2D eigenvalue weighted by molar-refractivity contribution is 6.31. The normalized spacial score (nSPS) is 10.4. The second-order valence-corrected chi connectivity index (χ2v) is 4.49.